The van der Waals surface area contributed by atoms with Crippen molar-refractivity contribution in [2.45, 2.75) is 13.0 Å². The number of nitrogens with zero attached hydrogens (tertiary/aromatic N) is 2. The highest BCUT2D eigenvalue weighted by molar-refractivity contribution is 6.33. The molecule has 10 nitrogen and oxygen atoms in total. The predicted molar refractivity (Wildman–Crippen MR) is 113 cm³/mol. The molecule has 0 radical (unpaired) electrons. The van der Waals surface area contributed by atoms with Crippen LogP contribution in [0.2, 0.25) is 5.02 Å². The maximum atomic E-state index is 12.8. The largest absolute Gasteiger partial charge is 0.507 e. The molecule has 31 heavy (non-hydrogen) atoms. The highest BCUT2D eigenvalue weighted by Gasteiger charge is 2.26. The van der Waals surface area contributed by atoms with Crippen molar-refractivity contribution in [3.05, 3.63) is 52.0 Å². The summed E-state index contributed by atoms with van der Waals surface area (Å²) in [7, 11) is 1.51. The molecule has 1 amide bonds. The molecule has 0 bridgehead atoms. The minimum atomic E-state index is -1.21. The second-order valence-electron chi connectivity index (χ2n) is 6.50. The Balaban J connectivity index is 2.19. The maximum Gasteiger partial charge on any atom is 0.325 e. The van der Waals surface area contributed by atoms with Crippen LogP contribution in [0.3, 0.4) is 0 Å². The van der Waals surface area contributed by atoms with Gasteiger partial charge in [0.2, 0.25) is 0 Å². The van der Waals surface area contributed by atoms with Gasteiger partial charge in [-0.25, -0.2) is 0 Å². The third-order valence-electron chi connectivity index (χ3n) is 4.51. The first-order valence-corrected chi connectivity index (χ1v) is 9.27. The zero-order valence-corrected chi connectivity index (χ0v) is 17.1. The van der Waals surface area contributed by atoms with Crippen LogP contribution in [0.5, 0.6) is 11.5 Å². The van der Waals surface area contributed by atoms with Gasteiger partial charge < -0.3 is 20.3 Å². The number of carboxylic acids is 1. The summed E-state index contributed by atoms with van der Waals surface area (Å²) in [6, 6.07) is 7.92. The maximum absolute atomic E-state index is 12.8. The molecule has 0 saturated carbocycles. The number of phenolic OH excluding ortho intramolecular Hbond substituents is 1. The van der Waals surface area contributed by atoms with E-state index in [0.717, 1.165) is 6.07 Å². The molecular formula is C20H17ClN4O6. The summed E-state index contributed by atoms with van der Waals surface area (Å²) < 4.78 is 5.15. The van der Waals surface area contributed by atoms with Crippen molar-refractivity contribution in [3.63, 3.8) is 0 Å². The SMILES string of the molecule is COc1ccc(-c2c(-c3cc(Cl)c(N=O)cc3O)n[nH]c2C(=O)NC(C)C(=O)O)cc1. The van der Waals surface area contributed by atoms with E-state index in [1.54, 1.807) is 24.3 Å². The molecule has 11 heteroatoms. The van der Waals surface area contributed by atoms with Gasteiger partial charge in [0.25, 0.3) is 5.91 Å². The van der Waals surface area contributed by atoms with E-state index in [4.69, 9.17) is 21.4 Å². The average Bonchev–Trinajstić information content (AvgIpc) is 3.19. The summed E-state index contributed by atoms with van der Waals surface area (Å²) in [6.07, 6.45) is 0. The summed E-state index contributed by atoms with van der Waals surface area (Å²) >= 11 is 6.06. The second-order valence-corrected chi connectivity index (χ2v) is 6.90. The summed E-state index contributed by atoms with van der Waals surface area (Å²) in [5, 5.41) is 31.3. The molecule has 1 aromatic heterocycles. The standard InChI is InChI=1S/C20H17ClN4O6/c1-9(20(28)29)22-19(27)18-16(10-3-5-11(31-2)6-4-10)17(23-24-18)12-7-13(21)14(25-30)8-15(12)26/h3-9,26H,1-2H3,(H,22,27)(H,23,24)(H,28,29). The Morgan fingerprint density at radius 3 is 2.52 bits per heavy atom. The molecule has 0 aliphatic heterocycles. The van der Waals surface area contributed by atoms with E-state index in [9.17, 15) is 19.6 Å². The lowest BCUT2D eigenvalue weighted by molar-refractivity contribution is -0.138. The topological polar surface area (TPSA) is 154 Å². The number of aromatic nitrogens is 2. The number of amides is 1. The van der Waals surface area contributed by atoms with Gasteiger partial charge in [-0.05, 0) is 35.9 Å². The number of nitrogens with one attached hydrogen (secondary N) is 2. The zero-order valence-electron chi connectivity index (χ0n) is 16.3. The summed E-state index contributed by atoms with van der Waals surface area (Å²) in [5.74, 6) is -1.67. The molecular weight excluding hydrogens is 428 g/mol. The van der Waals surface area contributed by atoms with E-state index in [1.165, 1.54) is 20.1 Å². The number of aromatic amines is 1. The molecule has 0 fully saturated rings. The molecule has 1 unspecified atom stereocenters. The number of carboxylic acid groups (broad SMARTS) is 1. The Morgan fingerprint density at radius 2 is 1.94 bits per heavy atom. The number of methoxy groups -OCH3 is 1. The molecule has 3 aromatic rings. The molecule has 0 spiro atoms. The van der Waals surface area contributed by atoms with Crippen LogP contribution in [0.4, 0.5) is 5.69 Å². The number of nitroso groups, excluding NO2 is 1. The number of carbonyl (C=O) groups excluding carboxylic acids is 1. The van der Waals surface area contributed by atoms with Gasteiger partial charge in [0.05, 0.1) is 12.1 Å². The molecule has 0 saturated heterocycles. The van der Waals surface area contributed by atoms with E-state index in [1.807, 2.05) is 0 Å². The van der Waals surface area contributed by atoms with Crippen molar-refractivity contribution >= 4 is 29.2 Å². The number of phenols is 1. The molecule has 3 rings (SSSR count). The summed E-state index contributed by atoms with van der Waals surface area (Å²) in [6.45, 7) is 1.32. The molecule has 2 aromatic carbocycles. The fourth-order valence-electron chi connectivity index (χ4n) is 2.88. The first-order chi connectivity index (χ1) is 14.8. The zero-order chi connectivity index (χ0) is 22.7. The Morgan fingerprint density at radius 1 is 1.26 bits per heavy atom. The minimum absolute atomic E-state index is 0.0167. The Hall–Kier alpha value is -3.92. The van der Waals surface area contributed by atoms with E-state index in [-0.39, 0.29) is 39.0 Å². The van der Waals surface area contributed by atoms with Gasteiger partial charge in [-0.15, -0.1) is 4.91 Å². The highest BCUT2D eigenvalue weighted by atomic mass is 35.5. The van der Waals surface area contributed by atoms with Crippen LogP contribution < -0.4 is 10.1 Å². The number of aliphatic carboxylic acids is 1. The first kappa shape index (κ1) is 21.8. The first-order valence-electron chi connectivity index (χ1n) is 8.89. The van der Waals surface area contributed by atoms with E-state index >= 15 is 0 Å². The van der Waals surface area contributed by atoms with Crippen molar-refractivity contribution in [1.29, 1.82) is 0 Å². The van der Waals surface area contributed by atoms with Gasteiger partial charge in [-0.3, -0.25) is 14.7 Å². The monoisotopic (exact) mass is 444 g/mol. The fourth-order valence-corrected chi connectivity index (χ4v) is 3.08. The molecule has 160 valence electrons. The highest BCUT2D eigenvalue weighted by Crippen LogP contribution is 2.42. The van der Waals surface area contributed by atoms with Crippen LogP contribution in [-0.2, 0) is 4.79 Å². The van der Waals surface area contributed by atoms with Gasteiger partial charge in [0.15, 0.2) is 0 Å². The van der Waals surface area contributed by atoms with Gasteiger partial charge in [0, 0.05) is 17.2 Å². The molecule has 1 heterocycles. The van der Waals surface area contributed by atoms with Crippen molar-refractivity contribution in [2.75, 3.05) is 7.11 Å². The number of aromatic hydroxyl groups is 1. The Bertz CT molecular complexity index is 1160. The van der Waals surface area contributed by atoms with Crippen molar-refractivity contribution < 1.29 is 24.5 Å². The third-order valence-corrected chi connectivity index (χ3v) is 4.81. The van der Waals surface area contributed by atoms with Crippen LogP contribution in [-0.4, -0.2) is 45.4 Å². The second kappa shape index (κ2) is 8.84. The van der Waals surface area contributed by atoms with Crippen LogP contribution in [0.25, 0.3) is 22.4 Å². The van der Waals surface area contributed by atoms with E-state index in [0.29, 0.717) is 11.3 Å². The van der Waals surface area contributed by atoms with Crippen LogP contribution in [0.1, 0.15) is 17.4 Å². The molecule has 0 aliphatic rings. The smallest absolute Gasteiger partial charge is 0.325 e. The number of hydrogen-bond donors (Lipinski definition) is 4. The van der Waals surface area contributed by atoms with Crippen molar-refractivity contribution in [3.8, 4) is 33.9 Å². The summed E-state index contributed by atoms with van der Waals surface area (Å²) in [5.41, 5.74) is 0.945. The lowest BCUT2D eigenvalue weighted by Gasteiger charge is -2.11. The fraction of sp³-hybridized carbons (Fsp3) is 0.150. The number of H-pyrrole nitrogens is 1. The number of benzene rings is 2. The number of halogens is 1. The minimum Gasteiger partial charge on any atom is -0.507 e. The quantitative estimate of drug-likeness (QED) is 0.405. The molecule has 1 atom stereocenters. The Kier molecular flexibility index (Phi) is 6.21. The number of carbonyl (C=O) groups is 2. The van der Waals surface area contributed by atoms with Crippen LogP contribution in [0.15, 0.2) is 41.6 Å². The van der Waals surface area contributed by atoms with Gasteiger partial charge in [0.1, 0.15) is 34.6 Å². The molecule has 4 N–H and O–H groups in total. The summed E-state index contributed by atoms with van der Waals surface area (Å²) in [4.78, 5) is 34.7. The van der Waals surface area contributed by atoms with Crippen LogP contribution >= 0.6 is 11.6 Å². The molecule has 0 aliphatic carbocycles. The van der Waals surface area contributed by atoms with Gasteiger partial charge >= 0.3 is 5.97 Å². The average molecular weight is 445 g/mol. The number of ether oxygens (including phenoxy) is 1. The number of hydrogen-bond acceptors (Lipinski definition) is 7. The van der Waals surface area contributed by atoms with Crippen LogP contribution in [0, 0.1) is 4.91 Å². The third kappa shape index (κ3) is 4.33. The Labute approximate surface area is 180 Å². The van der Waals surface area contributed by atoms with Crippen molar-refractivity contribution in [1.82, 2.24) is 15.5 Å². The van der Waals surface area contributed by atoms with E-state index in [2.05, 4.69) is 20.7 Å². The predicted octanol–water partition coefficient (Wildman–Crippen LogP) is 3.71. The normalized spacial score (nSPS) is 11.6. The number of rotatable bonds is 7. The lowest BCUT2D eigenvalue weighted by Crippen LogP contribution is -2.38. The lowest BCUT2D eigenvalue weighted by atomic mass is 9.97. The van der Waals surface area contributed by atoms with Crippen molar-refractivity contribution in [2.24, 2.45) is 5.18 Å². The van der Waals surface area contributed by atoms with Gasteiger partial charge in [-0.2, -0.15) is 5.10 Å². The van der Waals surface area contributed by atoms with Gasteiger partial charge in [-0.1, -0.05) is 23.7 Å². The van der Waals surface area contributed by atoms with E-state index < -0.39 is 17.9 Å².